The van der Waals surface area contributed by atoms with Crippen molar-refractivity contribution in [2.45, 2.75) is 25.2 Å². The topological polar surface area (TPSA) is 127 Å². The fraction of sp³-hybridized carbons (Fsp3) is 0.296. The van der Waals surface area contributed by atoms with Crippen molar-refractivity contribution in [1.29, 1.82) is 0 Å². The average Bonchev–Trinajstić information content (AvgIpc) is 2.94. The van der Waals surface area contributed by atoms with E-state index in [-0.39, 0.29) is 29.8 Å². The van der Waals surface area contributed by atoms with Gasteiger partial charge in [-0.15, -0.1) is 0 Å². The van der Waals surface area contributed by atoms with Gasteiger partial charge in [0.15, 0.2) is 0 Å². The van der Waals surface area contributed by atoms with Crippen molar-refractivity contribution in [2.75, 3.05) is 26.3 Å². The smallest absolute Gasteiger partial charge is 0.417 e. The zero-order valence-corrected chi connectivity index (χ0v) is 20.8. The third-order valence-electron chi connectivity index (χ3n) is 6.39. The molecule has 0 saturated carbocycles. The summed E-state index contributed by atoms with van der Waals surface area (Å²) in [5.74, 6) is -0.972. The van der Waals surface area contributed by atoms with Crippen LogP contribution >= 0.6 is 0 Å². The second-order valence-electron chi connectivity index (χ2n) is 8.91. The number of amides is 2. The normalized spacial score (nSPS) is 15.0. The molecule has 0 unspecified atom stereocenters. The number of carbonyl (C=O) groups excluding carboxylic acids is 2. The van der Waals surface area contributed by atoms with Gasteiger partial charge in [0, 0.05) is 30.4 Å². The third kappa shape index (κ3) is 6.91. The number of pyridine rings is 1. The number of benzene rings is 2. The summed E-state index contributed by atoms with van der Waals surface area (Å²) >= 11 is 0. The summed E-state index contributed by atoms with van der Waals surface area (Å²) in [6, 6.07) is 12.2. The van der Waals surface area contributed by atoms with Crippen molar-refractivity contribution in [3.63, 3.8) is 0 Å². The molecule has 1 aromatic heterocycles. The molecule has 0 bridgehead atoms. The number of nitrogens with zero attached hydrogens (tertiary/aromatic N) is 2. The van der Waals surface area contributed by atoms with E-state index >= 15 is 0 Å². The highest BCUT2D eigenvalue weighted by molar-refractivity contribution is 5.95. The number of halogens is 3. The summed E-state index contributed by atoms with van der Waals surface area (Å²) in [5, 5.41) is 9.28. The lowest BCUT2D eigenvalue weighted by Gasteiger charge is -2.33. The lowest BCUT2D eigenvalue weighted by Crippen LogP contribution is -2.51. The molecule has 206 valence electrons. The quantitative estimate of drug-likeness (QED) is 0.279. The summed E-state index contributed by atoms with van der Waals surface area (Å²) in [4.78, 5) is 30.5. The van der Waals surface area contributed by atoms with Crippen LogP contribution in [0.15, 0.2) is 60.8 Å². The molecule has 0 spiro atoms. The van der Waals surface area contributed by atoms with Crippen LogP contribution in [0.3, 0.4) is 0 Å². The van der Waals surface area contributed by atoms with Crippen LogP contribution in [-0.2, 0) is 28.7 Å². The third-order valence-corrected chi connectivity index (χ3v) is 6.39. The Morgan fingerprint density at radius 1 is 1.13 bits per heavy atom. The lowest BCUT2D eigenvalue weighted by molar-refractivity contribution is -0.137. The molecule has 0 radical (unpaired) electrons. The second kappa shape index (κ2) is 12.2. The molecule has 2 aromatic carbocycles. The first-order valence-corrected chi connectivity index (χ1v) is 12.1. The van der Waals surface area contributed by atoms with Gasteiger partial charge >= 0.3 is 6.18 Å². The van der Waals surface area contributed by atoms with E-state index < -0.39 is 29.6 Å². The van der Waals surface area contributed by atoms with Gasteiger partial charge in [-0.3, -0.25) is 24.7 Å². The molecule has 2 amide bonds. The molecule has 0 aliphatic carbocycles. The number of nitrogens with one attached hydrogen (secondary N) is 1. The van der Waals surface area contributed by atoms with Crippen LogP contribution in [-0.4, -0.2) is 59.3 Å². The molecule has 1 aliphatic heterocycles. The molecule has 4 rings (SSSR count). The van der Waals surface area contributed by atoms with Crippen molar-refractivity contribution in [2.24, 2.45) is 5.73 Å². The molecule has 12 heteroatoms. The van der Waals surface area contributed by atoms with Gasteiger partial charge in [-0.05, 0) is 53.9 Å². The molecule has 1 atom stereocenters. The summed E-state index contributed by atoms with van der Waals surface area (Å²) in [6.45, 7) is 1.76. The van der Waals surface area contributed by atoms with Gasteiger partial charge in [0.05, 0.1) is 30.5 Å². The standard InChI is InChI=1S/C27H27F3N4O5/c28-27(29,30)22-4-2-1-3-21(22)23-13-17(7-8-32-23)16-39-19-5-6-20(25(31)35)18(14-19)15-24(26(36)33-37)34-9-11-38-12-10-34/h1-8,13-14,24,37H,9-12,15-16H2,(H2,31,35)(H,33,36)/t24-/m0/s1. The van der Waals surface area contributed by atoms with Gasteiger partial charge in [-0.25, -0.2) is 5.48 Å². The van der Waals surface area contributed by atoms with Crippen molar-refractivity contribution in [3.8, 4) is 17.0 Å². The molecule has 1 fully saturated rings. The maximum atomic E-state index is 13.5. The maximum absolute atomic E-state index is 13.5. The summed E-state index contributed by atoms with van der Waals surface area (Å²) in [7, 11) is 0. The average molecular weight is 545 g/mol. The van der Waals surface area contributed by atoms with E-state index in [1.807, 2.05) is 4.90 Å². The van der Waals surface area contributed by atoms with E-state index in [1.165, 1.54) is 36.5 Å². The Kier molecular flexibility index (Phi) is 8.79. The molecule has 1 aliphatic rings. The summed E-state index contributed by atoms with van der Waals surface area (Å²) in [6.07, 6.45) is -3.06. The van der Waals surface area contributed by atoms with Crippen molar-refractivity contribution in [3.05, 3.63) is 83.0 Å². The number of hydrogen-bond donors (Lipinski definition) is 3. The number of morpholine rings is 1. The molecule has 9 nitrogen and oxygen atoms in total. The monoisotopic (exact) mass is 544 g/mol. The Hall–Kier alpha value is -4.00. The van der Waals surface area contributed by atoms with E-state index in [2.05, 4.69) is 4.98 Å². The Balaban J connectivity index is 1.56. The van der Waals surface area contributed by atoms with Crippen LogP contribution in [0.25, 0.3) is 11.3 Å². The SMILES string of the molecule is NC(=O)c1ccc(OCc2ccnc(-c3ccccc3C(F)(F)F)c2)cc1C[C@@H](C(=O)NO)N1CCOCC1. The fourth-order valence-electron chi connectivity index (χ4n) is 4.46. The zero-order chi connectivity index (χ0) is 28.0. The van der Waals surface area contributed by atoms with Crippen molar-refractivity contribution < 1.29 is 37.4 Å². The first-order chi connectivity index (χ1) is 18.7. The molecule has 39 heavy (non-hydrogen) atoms. The van der Waals surface area contributed by atoms with E-state index in [4.69, 9.17) is 15.2 Å². The number of hydroxylamine groups is 1. The highest BCUT2D eigenvalue weighted by Crippen LogP contribution is 2.36. The van der Waals surface area contributed by atoms with Crippen molar-refractivity contribution >= 4 is 11.8 Å². The number of nitrogens with two attached hydrogens (primary N) is 1. The maximum Gasteiger partial charge on any atom is 0.417 e. The molecular formula is C27H27F3N4O5. The molecule has 1 saturated heterocycles. The number of rotatable bonds is 9. The number of ether oxygens (including phenoxy) is 2. The number of aromatic nitrogens is 1. The van der Waals surface area contributed by atoms with Crippen LogP contribution < -0.4 is 16.0 Å². The number of carbonyl (C=O) groups is 2. The lowest BCUT2D eigenvalue weighted by atomic mass is 9.97. The largest absolute Gasteiger partial charge is 0.489 e. The Labute approximate surface area is 222 Å². The van der Waals surface area contributed by atoms with Crippen LogP contribution in [0.4, 0.5) is 13.2 Å². The predicted octanol–water partition coefficient (Wildman–Crippen LogP) is 3.19. The summed E-state index contributed by atoms with van der Waals surface area (Å²) < 4.78 is 51.7. The minimum absolute atomic E-state index is 0.00306. The minimum atomic E-state index is -4.53. The zero-order valence-electron chi connectivity index (χ0n) is 20.8. The molecular weight excluding hydrogens is 517 g/mol. The molecule has 4 N–H and O–H groups in total. The van der Waals surface area contributed by atoms with Crippen LogP contribution in [0.5, 0.6) is 5.75 Å². The number of primary amides is 1. The first kappa shape index (κ1) is 28.0. The van der Waals surface area contributed by atoms with Gasteiger partial charge in [0.2, 0.25) is 5.91 Å². The van der Waals surface area contributed by atoms with E-state index in [1.54, 1.807) is 23.7 Å². The summed E-state index contributed by atoms with van der Waals surface area (Å²) in [5.41, 5.74) is 7.76. The second-order valence-corrected chi connectivity index (χ2v) is 8.91. The van der Waals surface area contributed by atoms with Crippen LogP contribution in [0.2, 0.25) is 0 Å². The van der Waals surface area contributed by atoms with Gasteiger partial charge in [0.25, 0.3) is 5.91 Å². The van der Waals surface area contributed by atoms with Crippen LogP contribution in [0, 0.1) is 0 Å². The molecule has 3 aromatic rings. The van der Waals surface area contributed by atoms with E-state index in [0.717, 1.165) is 6.07 Å². The van der Waals surface area contributed by atoms with Gasteiger partial charge < -0.3 is 15.2 Å². The van der Waals surface area contributed by atoms with Crippen LogP contribution in [0.1, 0.15) is 27.0 Å². The molecule has 2 heterocycles. The number of alkyl halides is 3. The Morgan fingerprint density at radius 3 is 2.56 bits per heavy atom. The predicted molar refractivity (Wildman–Crippen MR) is 134 cm³/mol. The number of hydrogen-bond acceptors (Lipinski definition) is 7. The van der Waals surface area contributed by atoms with E-state index in [0.29, 0.717) is 43.2 Å². The minimum Gasteiger partial charge on any atom is -0.489 e. The Bertz CT molecular complexity index is 1330. The fourth-order valence-corrected chi connectivity index (χ4v) is 4.46. The van der Waals surface area contributed by atoms with Gasteiger partial charge in [-0.1, -0.05) is 18.2 Å². The highest BCUT2D eigenvalue weighted by Gasteiger charge is 2.33. The Morgan fingerprint density at radius 2 is 1.87 bits per heavy atom. The van der Waals surface area contributed by atoms with E-state index in [9.17, 15) is 28.0 Å². The van der Waals surface area contributed by atoms with Crippen molar-refractivity contribution in [1.82, 2.24) is 15.4 Å². The highest BCUT2D eigenvalue weighted by atomic mass is 19.4. The van der Waals surface area contributed by atoms with Gasteiger partial charge in [-0.2, -0.15) is 13.2 Å². The van der Waals surface area contributed by atoms with Gasteiger partial charge in [0.1, 0.15) is 12.4 Å². The first-order valence-electron chi connectivity index (χ1n) is 12.1.